The second kappa shape index (κ2) is 8.04. The second-order valence-electron chi connectivity index (χ2n) is 7.75. The van der Waals surface area contributed by atoms with Crippen molar-refractivity contribution in [2.45, 2.75) is 6.04 Å². The van der Waals surface area contributed by atoms with Gasteiger partial charge in [0.1, 0.15) is 0 Å². The Morgan fingerprint density at radius 1 is 0.900 bits per heavy atom. The van der Waals surface area contributed by atoms with Crippen molar-refractivity contribution in [2.24, 2.45) is 0 Å². The number of likely N-dealkylation sites (N-methyl/N-ethyl adjacent to an activating group) is 1. The van der Waals surface area contributed by atoms with E-state index < -0.39 is 0 Å². The van der Waals surface area contributed by atoms with E-state index in [0.29, 0.717) is 23.6 Å². The van der Waals surface area contributed by atoms with Gasteiger partial charge in [-0.1, -0.05) is 6.07 Å². The summed E-state index contributed by atoms with van der Waals surface area (Å²) in [7, 11) is 2.13. The Bertz CT molecular complexity index is 942. The highest BCUT2D eigenvalue weighted by Gasteiger charge is 2.27. The molecule has 0 aliphatic carbocycles. The minimum atomic E-state index is -0.131. The smallest absolute Gasteiger partial charge is 0.251 e. The average Bonchev–Trinajstić information content (AvgIpc) is 3.43. The maximum Gasteiger partial charge on any atom is 0.251 e. The van der Waals surface area contributed by atoms with Crippen LogP contribution >= 0.6 is 0 Å². The molecule has 0 spiro atoms. The third-order valence-electron chi connectivity index (χ3n) is 5.85. The lowest BCUT2D eigenvalue weighted by Crippen LogP contribution is -2.48. The number of ether oxygens (including phenoxy) is 4. The third-order valence-corrected chi connectivity index (χ3v) is 5.85. The minimum Gasteiger partial charge on any atom is -0.454 e. The normalized spacial score (nSPS) is 19.0. The number of rotatable bonds is 5. The summed E-state index contributed by atoms with van der Waals surface area (Å²) in [6, 6.07) is 11.3. The molecule has 8 nitrogen and oxygen atoms in total. The topological polar surface area (TPSA) is 72.5 Å². The van der Waals surface area contributed by atoms with Crippen LogP contribution in [0.15, 0.2) is 36.4 Å². The Morgan fingerprint density at radius 3 is 2.27 bits per heavy atom. The maximum absolute atomic E-state index is 12.8. The monoisotopic (exact) mass is 411 g/mol. The molecule has 0 saturated carbocycles. The summed E-state index contributed by atoms with van der Waals surface area (Å²) in [6.07, 6.45) is 0. The molecule has 0 bridgehead atoms. The number of hydrogen-bond donors (Lipinski definition) is 1. The van der Waals surface area contributed by atoms with Crippen LogP contribution in [-0.4, -0.2) is 69.1 Å². The number of nitrogens with one attached hydrogen (secondary N) is 1. The van der Waals surface area contributed by atoms with E-state index in [1.165, 1.54) is 0 Å². The highest BCUT2D eigenvalue weighted by Crippen LogP contribution is 2.36. The predicted molar refractivity (Wildman–Crippen MR) is 109 cm³/mol. The number of carbonyl (C=O) groups is 1. The van der Waals surface area contributed by atoms with Crippen molar-refractivity contribution in [3.63, 3.8) is 0 Å². The molecule has 3 aliphatic rings. The second-order valence-corrected chi connectivity index (χ2v) is 7.75. The molecule has 1 N–H and O–H groups in total. The van der Waals surface area contributed by atoms with E-state index in [1.54, 1.807) is 18.2 Å². The number of benzene rings is 2. The molecule has 1 amide bonds. The van der Waals surface area contributed by atoms with Crippen LogP contribution in [0.1, 0.15) is 22.0 Å². The lowest BCUT2D eigenvalue weighted by molar-refractivity contribution is 0.0885. The van der Waals surface area contributed by atoms with Crippen LogP contribution in [0.5, 0.6) is 23.0 Å². The zero-order valence-corrected chi connectivity index (χ0v) is 16.9. The molecule has 2 aromatic rings. The van der Waals surface area contributed by atoms with Crippen molar-refractivity contribution in [2.75, 3.05) is 53.4 Å². The van der Waals surface area contributed by atoms with E-state index in [9.17, 15) is 4.79 Å². The summed E-state index contributed by atoms with van der Waals surface area (Å²) in [5, 5.41) is 3.10. The molecule has 1 atom stereocenters. The SMILES string of the molecule is CN1CCN(C(CNC(=O)c2ccc3c(c2)OCO3)c2ccc3c(c2)OCO3)CC1. The highest BCUT2D eigenvalue weighted by molar-refractivity contribution is 5.95. The van der Waals surface area contributed by atoms with Crippen LogP contribution in [0.4, 0.5) is 0 Å². The number of amides is 1. The van der Waals surface area contributed by atoms with Crippen LogP contribution in [0.25, 0.3) is 0 Å². The van der Waals surface area contributed by atoms with Gasteiger partial charge in [-0.2, -0.15) is 0 Å². The third kappa shape index (κ3) is 3.76. The van der Waals surface area contributed by atoms with Crippen LogP contribution in [0.2, 0.25) is 0 Å². The molecule has 1 fully saturated rings. The Morgan fingerprint density at radius 2 is 1.53 bits per heavy atom. The lowest BCUT2D eigenvalue weighted by atomic mass is 10.0. The summed E-state index contributed by atoms with van der Waals surface area (Å²) < 4.78 is 21.7. The largest absolute Gasteiger partial charge is 0.454 e. The van der Waals surface area contributed by atoms with Gasteiger partial charge < -0.3 is 29.2 Å². The standard InChI is InChI=1S/C22H25N3O5/c1-24-6-8-25(9-7-24)17(15-2-4-18-20(10-15)29-13-27-18)12-23-22(26)16-3-5-19-21(11-16)30-14-28-19/h2-5,10-11,17H,6-9,12-14H2,1H3,(H,23,26). The fraction of sp³-hybridized carbons (Fsp3) is 0.409. The van der Waals surface area contributed by atoms with E-state index in [2.05, 4.69) is 28.2 Å². The average molecular weight is 411 g/mol. The molecule has 1 unspecified atom stereocenters. The molecule has 0 radical (unpaired) electrons. The first-order valence-corrected chi connectivity index (χ1v) is 10.2. The van der Waals surface area contributed by atoms with Gasteiger partial charge in [0.2, 0.25) is 13.6 Å². The molecule has 158 valence electrons. The van der Waals surface area contributed by atoms with Gasteiger partial charge >= 0.3 is 0 Å². The molecule has 3 heterocycles. The summed E-state index contributed by atoms with van der Waals surface area (Å²) >= 11 is 0. The Kier molecular flexibility index (Phi) is 5.10. The fourth-order valence-corrected chi connectivity index (χ4v) is 4.04. The van der Waals surface area contributed by atoms with Gasteiger partial charge in [0.15, 0.2) is 23.0 Å². The molecule has 3 aliphatic heterocycles. The fourth-order valence-electron chi connectivity index (χ4n) is 4.04. The summed E-state index contributed by atoms with van der Waals surface area (Å²) in [4.78, 5) is 17.6. The molecular weight excluding hydrogens is 386 g/mol. The molecule has 5 rings (SSSR count). The van der Waals surface area contributed by atoms with E-state index in [1.807, 2.05) is 12.1 Å². The van der Waals surface area contributed by atoms with Crippen LogP contribution in [0, 0.1) is 0 Å². The van der Waals surface area contributed by atoms with E-state index in [-0.39, 0.29) is 25.5 Å². The first kappa shape index (κ1) is 19.0. The van der Waals surface area contributed by atoms with E-state index in [4.69, 9.17) is 18.9 Å². The van der Waals surface area contributed by atoms with E-state index in [0.717, 1.165) is 43.2 Å². The molecule has 2 aromatic carbocycles. The van der Waals surface area contributed by atoms with Crippen molar-refractivity contribution < 1.29 is 23.7 Å². The van der Waals surface area contributed by atoms with Gasteiger partial charge in [-0.25, -0.2) is 0 Å². The number of piperazine rings is 1. The van der Waals surface area contributed by atoms with Crippen molar-refractivity contribution in [3.8, 4) is 23.0 Å². The van der Waals surface area contributed by atoms with E-state index >= 15 is 0 Å². The van der Waals surface area contributed by atoms with Gasteiger partial charge in [0, 0.05) is 38.3 Å². The van der Waals surface area contributed by atoms with Gasteiger partial charge in [0.25, 0.3) is 5.91 Å². The minimum absolute atomic E-state index is 0.0474. The van der Waals surface area contributed by atoms with Gasteiger partial charge in [0.05, 0.1) is 6.04 Å². The lowest BCUT2D eigenvalue weighted by Gasteiger charge is -2.38. The van der Waals surface area contributed by atoms with Crippen molar-refractivity contribution in [1.82, 2.24) is 15.1 Å². The zero-order chi connectivity index (χ0) is 20.5. The highest BCUT2D eigenvalue weighted by atomic mass is 16.7. The Balaban J connectivity index is 1.33. The summed E-state index contributed by atoms with van der Waals surface area (Å²) in [5.74, 6) is 2.67. The Labute approximate surface area is 175 Å². The van der Waals surface area contributed by atoms with Gasteiger partial charge in [-0.05, 0) is 42.9 Å². The molecule has 8 heteroatoms. The van der Waals surface area contributed by atoms with Crippen molar-refractivity contribution >= 4 is 5.91 Å². The van der Waals surface area contributed by atoms with Gasteiger partial charge in [-0.15, -0.1) is 0 Å². The van der Waals surface area contributed by atoms with Crippen molar-refractivity contribution in [3.05, 3.63) is 47.5 Å². The zero-order valence-electron chi connectivity index (χ0n) is 16.9. The predicted octanol–water partition coefficient (Wildman–Crippen LogP) is 1.86. The number of carbonyl (C=O) groups excluding carboxylic acids is 1. The number of hydrogen-bond acceptors (Lipinski definition) is 7. The summed E-state index contributed by atoms with van der Waals surface area (Å²) in [5.41, 5.74) is 1.66. The van der Waals surface area contributed by atoms with Gasteiger partial charge in [-0.3, -0.25) is 9.69 Å². The molecular formula is C22H25N3O5. The first-order valence-electron chi connectivity index (χ1n) is 10.2. The molecule has 1 saturated heterocycles. The van der Waals surface area contributed by atoms with Crippen LogP contribution in [0.3, 0.4) is 0 Å². The summed E-state index contributed by atoms with van der Waals surface area (Å²) in [6.45, 7) is 4.81. The van der Waals surface area contributed by atoms with Crippen LogP contribution in [-0.2, 0) is 0 Å². The van der Waals surface area contributed by atoms with Crippen molar-refractivity contribution in [1.29, 1.82) is 0 Å². The van der Waals surface area contributed by atoms with Crippen LogP contribution < -0.4 is 24.3 Å². The maximum atomic E-state index is 12.8. The number of nitrogens with zero attached hydrogens (tertiary/aromatic N) is 2. The Hall–Kier alpha value is -2.97. The quantitative estimate of drug-likeness (QED) is 0.805. The first-order chi connectivity index (χ1) is 14.7. The molecule has 30 heavy (non-hydrogen) atoms. The molecule has 0 aromatic heterocycles. The number of fused-ring (bicyclic) bond motifs is 2.